The lowest BCUT2D eigenvalue weighted by atomic mass is 10.2. The Morgan fingerprint density at radius 1 is 1.29 bits per heavy atom. The van der Waals surface area contributed by atoms with Crippen molar-refractivity contribution < 1.29 is 0 Å². The summed E-state index contributed by atoms with van der Waals surface area (Å²) in [6.45, 7) is 2.00. The molecular weight excluding hydrogens is 304 g/mol. The number of rotatable bonds is 2. The maximum Gasteiger partial charge on any atom is 0.223 e. The molecule has 0 saturated carbocycles. The second-order valence-electron chi connectivity index (χ2n) is 3.52. The number of nitrogens with two attached hydrogens (primary N) is 1. The van der Waals surface area contributed by atoms with Crippen molar-refractivity contribution in [2.75, 3.05) is 11.1 Å². The van der Waals surface area contributed by atoms with Gasteiger partial charge in [0.1, 0.15) is 11.0 Å². The maximum absolute atomic E-state index is 5.80. The summed E-state index contributed by atoms with van der Waals surface area (Å²) in [6.07, 6.45) is 0. The first-order valence-electron chi connectivity index (χ1n) is 4.88. The van der Waals surface area contributed by atoms with E-state index in [0.717, 1.165) is 15.7 Å². The molecule has 4 nitrogen and oxygen atoms in total. The van der Waals surface area contributed by atoms with E-state index in [1.165, 1.54) is 0 Å². The number of nitrogen functional groups attached to an aromatic ring is 1. The normalized spacial score (nSPS) is 10.3. The lowest BCUT2D eigenvalue weighted by Crippen LogP contribution is -2.00. The standard InChI is InChI=1S/C11H10BrClN4/c1-6-4-7(12)2-3-8(6)15-10-5-9(13)16-11(14)17-10/h2-5H,1H3,(H3,14,15,16,17). The molecule has 17 heavy (non-hydrogen) atoms. The molecule has 88 valence electrons. The predicted molar refractivity (Wildman–Crippen MR) is 73.6 cm³/mol. The number of halogens is 2. The first-order valence-corrected chi connectivity index (χ1v) is 6.05. The summed E-state index contributed by atoms with van der Waals surface area (Å²) in [5, 5.41) is 3.46. The number of anilines is 3. The Balaban J connectivity index is 2.31. The van der Waals surface area contributed by atoms with Gasteiger partial charge in [-0.25, -0.2) is 4.98 Å². The quantitative estimate of drug-likeness (QED) is 0.833. The summed E-state index contributed by atoms with van der Waals surface area (Å²) in [4.78, 5) is 7.85. The van der Waals surface area contributed by atoms with Crippen LogP contribution >= 0.6 is 27.5 Å². The smallest absolute Gasteiger partial charge is 0.223 e. The van der Waals surface area contributed by atoms with Crippen LogP contribution in [0.3, 0.4) is 0 Å². The second kappa shape index (κ2) is 4.89. The van der Waals surface area contributed by atoms with Crippen LogP contribution < -0.4 is 11.1 Å². The fourth-order valence-electron chi connectivity index (χ4n) is 1.40. The first kappa shape index (κ1) is 12.1. The molecule has 0 fully saturated rings. The van der Waals surface area contributed by atoms with Gasteiger partial charge in [-0.05, 0) is 30.7 Å². The molecule has 2 rings (SSSR count). The van der Waals surface area contributed by atoms with Gasteiger partial charge in [0.2, 0.25) is 5.95 Å². The van der Waals surface area contributed by atoms with Crippen LogP contribution in [0.15, 0.2) is 28.7 Å². The van der Waals surface area contributed by atoms with Crippen LogP contribution in [-0.2, 0) is 0 Å². The fraction of sp³-hybridized carbons (Fsp3) is 0.0909. The highest BCUT2D eigenvalue weighted by Crippen LogP contribution is 2.24. The molecule has 6 heteroatoms. The molecule has 0 aliphatic rings. The van der Waals surface area contributed by atoms with E-state index in [2.05, 4.69) is 31.2 Å². The van der Waals surface area contributed by atoms with Gasteiger partial charge in [0.25, 0.3) is 0 Å². The van der Waals surface area contributed by atoms with Crippen LogP contribution in [-0.4, -0.2) is 9.97 Å². The minimum Gasteiger partial charge on any atom is -0.368 e. The van der Waals surface area contributed by atoms with E-state index in [4.69, 9.17) is 17.3 Å². The van der Waals surface area contributed by atoms with Gasteiger partial charge >= 0.3 is 0 Å². The highest BCUT2D eigenvalue weighted by molar-refractivity contribution is 9.10. The molecule has 1 heterocycles. The number of benzene rings is 1. The van der Waals surface area contributed by atoms with Gasteiger partial charge in [-0.15, -0.1) is 0 Å². The van der Waals surface area contributed by atoms with Crippen LogP contribution in [0, 0.1) is 6.92 Å². The van der Waals surface area contributed by atoms with Gasteiger partial charge in [0.05, 0.1) is 0 Å². The number of hydrogen-bond donors (Lipinski definition) is 2. The number of aryl methyl sites for hydroxylation is 1. The van der Waals surface area contributed by atoms with Crippen molar-refractivity contribution in [1.29, 1.82) is 0 Å². The molecule has 2 aromatic rings. The Morgan fingerprint density at radius 3 is 2.71 bits per heavy atom. The lowest BCUT2D eigenvalue weighted by molar-refractivity contribution is 1.18. The molecule has 0 spiro atoms. The van der Waals surface area contributed by atoms with Crippen LogP contribution in [0.4, 0.5) is 17.5 Å². The summed E-state index contributed by atoms with van der Waals surface area (Å²) in [5.41, 5.74) is 7.56. The molecule has 0 aliphatic heterocycles. The van der Waals surface area contributed by atoms with Crippen molar-refractivity contribution in [3.63, 3.8) is 0 Å². The summed E-state index contributed by atoms with van der Waals surface area (Å²) < 4.78 is 1.03. The predicted octanol–water partition coefficient (Wildman–Crippen LogP) is 3.53. The Kier molecular flexibility index (Phi) is 3.49. The summed E-state index contributed by atoms with van der Waals surface area (Å²) in [6, 6.07) is 7.53. The van der Waals surface area contributed by atoms with Crippen LogP contribution in [0.1, 0.15) is 5.56 Å². The largest absolute Gasteiger partial charge is 0.368 e. The monoisotopic (exact) mass is 312 g/mol. The third-order valence-electron chi connectivity index (χ3n) is 2.16. The van der Waals surface area contributed by atoms with Crippen molar-refractivity contribution in [3.8, 4) is 0 Å². The second-order valence-corrected chi connectivity index (χ2v) is 4.82. The minimum atomic E-state index is 0.148. The zero-order chi connectivity index (χ0) is 12.4. The first-order chi connectivity index (χ1) is 8.04. The third-order valence-corrected chi connectivity index (χ3v) is 2.85. The van der Waals surface area contributed by atoms with Crippen molar-refractivity contribution >= 4 is 45.0 Å². The number of nitrogens with zero attached hydrogens (tertiary/aromatic N) is 2. The summed E-state index contributed by atoms with van der Waals surface area (Å²) >= 11 is 9.21. The average Bonchev–Trinajstić information content (AvgIpc) is 2.21. The molecule has 0 saturated heterocycles. The van der Waals surface area contributed by atoms with Crippen LogP contribution in [0.5, 0.6) is 0 Å². The molecular formula is C11H10BrClN4. The molecule has 1 aromatic carbocycles. The Morgan fingerprint density at radius 2 is 2.06 bits per heavy atom. The SMILES string of the molecule is Cc1cc(Br)ccc1Nc1cc(Cl)nc(N)n1. The van der Waals surface area contributed by atoms with Crippen LogP contribution in [0.25, 0.3) is 0 Å². The lowest BCUT2D eigenvalue weighted by Gasteiger charge is -2.09. The fourth-order valence-corrected chi connectivity index (χ4v) is 2.07. The van der Waals surface area contributed by atoms with Crippen LogP contribution in [0.2, 0.25) is 5.15 Å². The zero-order valence-electron chi connectivity index (χ0n) is 9.04. The molecule has 0 aliphatic carbocycles. The Bertz CT molecular complexity index is 539. The van der Waals surface area contributed by atoms with Gasteiger partial charge in [-0.1, -0.05) is 27.5 Å². The minimum absolute atomic E-state index is 0.148. The third kappa shape index (κ3) is 3.08. The van der Waals surface area contributed by atoms with E-state index in [9.17, 15) is 0 Å². The zero-order valence-corrected chi connectivity index (χ0v) is 11.4. The highest BCUT2D eigenvalue weighted by atomic mass is 79.9. The maximum atomic E-state index is 5.80. The Labute approximate surface area is 112 Å². The highest BCUT2D eigenvalue weighted by Gasteiger charge is 2.03. The van der Waals surface area contributed by atoms with Crippen molar-refractivity contribution in [3.05, 3.63) is 39.5 Å². The molecule has 0 bridgehead atoms. The Hall–Kier alpha value is -1.33. The topological polar surface area (TPSA) is 63.8 Å². The van der Waals surface area contributed by atoms with E-state index >= 15 is 0 Å². The molecule has 1 aromatic heterocycles. The molecule has 0 radical (unpaired) electrons. The summed E-state index contributed by atoms with van der Waals surface area (Å²) in [7, 11) is 0. The molecule has 0 amide bonds. The van der Waals surface area contributed by atoms with Crippen molar-refractivity contribution in [1.82, 2.24) is 9.97 Å². The van der Waals surface area contributed by atoms with Gasteiger partial charge in [-0.3, -0.25) is 0 Å². The van der Waals surface area contributed by atoms with E-state index in [0.29, 0.717) is 11.0 Å². The van der Waals surface area contributed by atoms with Crippen molar-refractivity contribution in [2.24, 2.45) is 0 Å². The van der Waals surface area contributed by atoms with E-state index in [-0.39, 0.29) is 5.95 Å². The van der Waals surface area contributed by atoms with Gasteiger partial charge in [-0.2, -0.15) is 4.98 Å². The van der Waals surface area contributed by atoms with Gasteiger partial charge < -0.3 is 11.1 Å². The van der Waals surface area contributed by atoms with Gasteiger partial charge in [0.15, 0.2) is 0 Å². The summed E-state index contributed by atoms with van der Waals surface area (Å²) in [5.74, 6) is 0.725. The van der Waals surface area contributed by atoms with E-state index < -0.39 is 0 Å². The van der Waals surface area contributed by atoms with Crippen molar-refractivity contribution in [2.45, 2.75) is 6.92 Å². The number of nitrogens with one attached hydrogen (secondary N) is 1. The van der Waals surface area contributed by atoms with E-state index in [1.807, 2.05) is 25.1 Å². The van der Waals surface area contributed by atoms with E-state index in [1.54, 1.807) is 6.07 Å². The number of aromatic nitrogens is 2. The number of hydrogen-bond acceptors (Lipinski definition) is 4. The average molecular weight is 314 g/mol. The molecule has 3 N–H and O–H groups in total. The van der Waals surface area contributed by atoms with Gasteiger partial charge in [0, 0.05) is 16.2 Å². The molecule has 0 atom stereocenters. The molecule has 0 unspecified atom stereocenters.